The Morgan fingerprint density at radius 1 is 1.14 bits per heavy atom. The highest BCUT2D eigenvalue weighted by Crippen LogP contribution is 2.34. The Bertz CT molecular complexity index is 862. The quantitative estimate of drug-likeness (QED) is 0.518. The molecule has 0 N–H and O–H groups in total. The van der Waals surface area contributed by atoms with Crippen molar-refractivity contribution in [2.75, 3.05) is 31.9 Å². The molecule has 0 amide bonds. The Labute approximate surface area is 170 Å². The van der Waals surface area contributed by atoms with E-state index in [9.17, 15) is 17.2 Å². The van der Waals surface area contributed by atoms with Gasteiger partial charge in [-0.05, 0) is 36.5 Å². The van der Waals surface area contributed by atoms with Gasteiger partial charge in [0.15, 0.2) is 23.6 Å². The molecule has 1 aromatic carbocycles. The second-order valence-electron chi connectivity index (χ2n) is 7.46. The van der Waals surface area contributed by atoms with Gasteiger partial charge in [-0.25, -0.2) is 21.5 Å². The molecule has 2 saturated heterocycles. The normalized spacial score (nSPS) is 19.7. The Morgan fingerprint density at radius 3 is 2.24 bits per heavy atom. The van der Waals surface area contributed by atoms with Crippen LogP contribution in [0.3, 0.4) is 0 Å². The van der Waals surface area contributed by atoms with Crippen molar-refractivity contribution < 1.29 is 21.9 Å². The molecule has 6 nitrogen and oxygen atoms in total. The van der Waals surface area contributed by atoms with Crippen molar-refractivity contribution in [2.45, 2.75) is 37.7 Å². The van der Waals surface area contributed by atoms with Crippen molar-refractivity contribution in [1.29, 1.82) is 5.26 Å². The molecule has 3 rings (SSSR count). The Morgan fingerprint density at radius 2 is 1.72 bits per heavy atom. The molecule has 158 valence electrons. The van der Waals surface area contributed by atoms with Crippen molar-refractivity contribution in [3.63, 3.8) is 0 Å². The number of rotatable bonds is 6. The van der Waals surface area contributed by atoms with Crippen LogP contribution in [0.1, 0.15) is 37.2 Å². The number of piperidine rings is 2. The first kappa shape index (κ1) is 21.5. The number of likely N-dealkylation sites (tertiary alicyclic amines) is 1. The lowest BCUT2D eigenvalue weighted by Crippen LogP contribution is -2.38. The van der Waals surface area contributed by atoms with Crippen LogP contribution in [-0.2, 0) is 10.0 Å². The van der Waals surface area contributed by atoms with E-state index in [0.29, 0.717) is 57.4 Å². The van der Waals surface area contributed by atoms with E-state index >= 15 is 0 Å². The van der Waals surface area contributed by atoms with E-state index in [1.54, 1.807) is 4.90 Å². The average molecular weight is 426 g/mol. The molecule has 9 heteroatoms. The zero-order chi connectivity index (χ0) is 21.0. The molecule has 0 unspecified atom stereocenters. The number of hydrogen-bond acceptors (Lipinski definition) is 5. The minimum absolute atomic E-state index is 0.109. The van der Waals surface area contributed by atoms with E-state index < -0.39 is 21.7 Å². The van der Waals surface area contributed by atoms with Crippen LogP contribution in [0.4, 0.5) is 8.78 Å². The smallest absolute Gasteiger partial charge is 0.217 e. The first-order chi connectivity index (χ1) is 13.8. The van der Waals surface area contributed by atoms with E-state index in [-0.39, 0.29) is 23.5 Å². The predicted molar refractivity (Wildman–Crippen MR) is 105 cm³/mol. The summed E-state index contributed by atoms with van der Waals surface area (Å²) >= 11 is 0. The van der Waals surface area contributed by atoms with Gasteiger partial charge in [0, 0.05) is 39.0 Å². The standard InChI is InChI=1S/C20H25F2N3O3S/c1-2-11-29(26,27)25-9-3-15(4-10-25)16-12-18(21)20(19(22)13-16)28-17-5-7-24(14-23)8-6-17/h2,12-13,15,17H,1,3-11H2. The molecule has 2 heterocycles. The summed E-state index contributed by atoms with van der Waals surface area (Å²) < 4.78 is 60.3. The molecular weight excluding hydrogens is 400 g/mol. The molecule has 0 saturated carbocycles. The summed E-state index contributed by atoms with van der Waals surface area (Å²) in [5, 5.41) is 8.87. The van der Waals surface area contributed by atoms with E-state index in [0.717, 1.165) is 0 Å². The summed E-state index contributed by atoms with van der Waals surface area (Å²) in [6, 6.07) is 2.59. The van der Waals surface area contributed by atoms with Gasteiger partial charge >= 0.3 is 0 Å². The highest BCUT2D eigenvalue weighted by molar-refractivity contribution is 7.89. The summed E-state index contributed by atoms with van der Waals surface area (Å²) in [7, 11) is -3.36. The van der Waals surface area contributed by atoms with E-state index in [4.69, 9.17) is 10.00 Å². The van der Waals surface area contributed by atoms with Crippen LogP contribution in [0.15, 0.2) is 24.8 Å². The molecule has 29 heavy (non-hydrogen) atoms. The second kappa shape index (κ2) is 9.09. The van der Waals surface area contributed by atoms with Crippen molar-refractivity contribution >= 4 is 10.0 Å². The van der Waals surface area contributed by atoms with E-state index in [1.165, 1.54) is 22.5 Å². The fourth-order valence-corrected chi connectivity index (χ4v) is 5.17. The van der Waals surface area contributed by atoms with Crippen LogP contribution in [0.25, 0.3) is 0 Å². The molecular formula is C20H25F2N3O3S. The fraction of sp³-hybridized carbons (Fsp3) is 0.550. The number of sulfonamides is 1. The monoisotopic (exact) mass is 425 g/mol. The van der Waals surface area contributed by atoms with Crippen LogP contribution < -0.4 is 4.74 Å². The van der Waals surface area contributed by atoms with Gasteiger partial charge in [0.1, 0.15) is 6.10 Å². The van der Waals surface area contributed by atoms with E-state index in [2.05, 4.69) is 12.8 Å². The number of hydrogen-bond donors (Lipinski definition) is 0. The van der Waals surface area contributed by atoms with Crippen LogP contribution in [0.2, 0.25) is 0 Å². The topological polar surface area (TPSA) is 73.6 Å². The maximum atomic E-state index is 14.6. The first-order valence-electron chi connectivity index (χ1n) is 9.73. The summed E-state index contributed by atoms with van der Waals surface area (Å²) in [4.78, 5) is 1.59. The Hall–Kier alpha value is -2.18. The second-order valence-corrected chi connectivity index (χ2v) is 9.47. The zero-order valence-corrected chi connectivity index (χ0v) is 17.0. The molecule has 2 aliphatic heterocycles. The van der Waals surface area contributed by atoms with E-state index in [1.807, 2.05) is 0 Å². The van der Waals surface area contributed by atoms with Crippen molar-refractivity contribution in [1.82, 2.24) is 9.21 Å². The molecule has 0 radical (unpaired) electrons. The highest BCUT2D eigenvalue weighted by Gasteiger charge is 2.29. The first-order valence-corrected chi connectivity index (χ1v) is 11.3. The SMILES string of the molecule is C=CCS(=O)(=O)N1CCC(c2cc(F)c(OC3CCN(C#N)CC3)c(F)c2)CC1. The van der Waals surface area contributed by atoms with Gasteiger partial charge in [0.25, 0.3) is 0 Å². The van der Waals surface area contributed by atoms with Gasteiger partial charge in [0.05, 0.1) is 5.75 Å². The lowest BCUT2D eigenvalue weighted by molar-refractivity contribution is 0.116. The predicted octanol–water partition coefficient (Wildman–Crippen LogP) is 2.98. The van der Waals surface area contributed by atoms with Gasteiger partial charge in [-0.3, -0.25) is 0 Å². The number of nitrogens with zero attached hydrogens (tertiary/aromatic N) is 3. The largest absolute Gasteiger partial charge is 0.484 e. The van der Waals surface area contributed by atoms with Crippen LogP contribution in [-0.4, -0.2) is 55.7 Å². The minimum Gasteiger partial charge on any atom is -0.484 e. The zero-order valence-electron chi connectivity index (χ0n) is 16.2. The Kier molecular flexibility index (Phi) is 6.75. The van der Waals surface area contributed by atoms with Crippen molar-refractivity contribution in [3.8, 4) is 11.9 Å². The highest BCUT2D eigenvalue weighted by atomic mass is 32.2. The van der Waals surface area contributed by atoms with Crippen LogP contribution in [0, 0.1) is 23.1 Å². The molecule has 0 aromatic heterocycles. The fourth-order valence-electron chi connectivity index (χ4n) is 3.89. The number of nitriles is 1. The lowest BCUT2D eigenvalue weighted by Gasteiger charge is -2.31. The van der Waals surface area contributed by atoms with Crippen LogP contribution in [0.5, 0.6) is 5.75 Å². The lowest BCUT2D eigenvalue weighted by atomic mass is 9.90. The Balaban J connectivity index is 1.64. The van der Waals surface area contributed by atoms with Gasteiger partial charge in [0.2, 0.25) is 10.0 Å². The van der Waals surface area contributed by atoms with Gasteiger partial charge in [-0.15, -0.1) is 6.58 Å². The molecule has 0 bridgehead atoms. The molecule has 1 aromatic rings. The van der Waals surface area contributed by atoms with Gasteiger partial charge in [-0.2, -0.15) is 5.26 Å². The number of halogens is 2. The molecule has 0 aliphatic carbocycles. The third-order valence-electron chi connectivity index (χ3n) is 5.54. The minimum atomic E-state index is -3.36. The molecule has 0 atom stereocenters. The summed E-state index contributed by atoms with van der Waals surface area (Å²) in [6.45, 7) is 5.12. The maximum absolute atomic E-state index is 14.6. The summed E-state index contributed by atoms with van der Waals surface area (Å²) in [5.41, 5.74) is 0.521. The maximum Gasteiger partial charge on any atom is 0.217 e. The van der Waals surface area contributed by atoms with Crippen molar-refractivity contribution in [3.05, 3.63) is 42.0 Å². The third kappa shape index (κ3) is 5.06. The van der Waals surface area contributed by atoms with Gasteiger partial charge < -0.3 is 9.64 Å². The van der Waals surface area contributed by atoms with Crippen LogP contribution >= 0.6 is 0 Å². The molecule has 2 aliphatic rings. The third-order valence-corrected chi connectivity index (χ3v) is 7.34. The average Bonchev–Trinajstić information content (AvgIpc) is 2.71. The number of benzene rings is 1. The molecule has 0 spiro atoms. The number of ether oxygens (including phenoxy) is 1. The molecule has 2 fully saturated rings. The summed E-state index contributed by atoms with van der Waals surface area (Å²) in [6.07, 6.45) is 5.16. The summed E-state index contributed by atoms with van der Waals surface area (Å²) in [5.74, 6) is -2.09. The van der Waals surface area contributed by atoms with Crippen molar-refractivity contribution in [2.24, 2.45) is 0 Å². The van der Waals surface area contributed by atoms with Gasteiger partial charge in [-0.1, -0.05) is 6.08 Å².